The summed E-state index contributed by atoms with van der Waals surface area (Å²) in [6.07, 6.45) is 1.39. The van der Waals surface area contributed by atoms with Gasteiger partial charge >= 0.3 is 6.18 Å². The molecule has 1 amide bonds. The van der Waals surface area contributed by atoms with E-state index in [4.69, 9.17) is 4.74 Å². The van der Waals surface area contributed by atoms with Crippen LogP contribution >= 0.6 is 0 Å². The molecule has 5 nitrogen and oxygen atoms in total. The first kappa shape index (κ1) is 23.9. The summed E-state index contributed by atoms with van der Waals surface area (Å²) in [6, 6.07) is 12.2. The molecule has 0 radical (unpaired) electrons. The highest BCUT2D eigenvalue weighted by atomic mass is 19.4. The Balaban J connectivity index is 1.14. The topological polar surface area (TPSA) is 45.7 Å². The van der Waals surface area contributed by atoms with Crippen molar-refractivity contribution in [3.63, 3.8) is 0 Å². The monoisotopic (exact) mass is 499 g/mol. The normalized spacial score (nSPS) is 29.2. The van der Waals surface area contributed by atoms with Crippen LogP contribution in [0.15, 0.2) is 42.6 Å². The van der Waals surface area contributed by atoms with Crippen LogP contribution in [0.2, 0.25) is 0 Å². The summed E-state index contributed by atoms with van der Waals surface area (Å²) in [5.74, 6) is 0.633. The number of amides is 1. The van der Waals surface area contributed by atoms with E-state index >= 15 is 0 Å². The second kappa shape index (κ2) is 9.14. The van der Waals surface area contributed by atoms with E-state index in [2.05, 4.69) is 40.2 Å². The zero-order valence-electron chi connectivity index (χ0n) is 20.3. The van der Waals surface area contributed by atoms with Gasteiger partial charge < -0.3 is 14.5 Å². The maximum Gasteiger partial charge on any atom is 0.417 e. The summed E-state index contributed by atoms with van der Waals surface area (Å²) in [5.41, 5.74) is 1.26. The molecule has 0 spiro atoms. The Kier molecular flexibility index (Phi) is 6.07. The van der Waals surface area contributed by atoms with Gasteiger partial charge in [0.2, 0.25) is 5.91 Å². The van der Waals surface area contributed by atoms with Gasteiger partial charge in [-0.05, 0) is 68.3 Å². The number of carbonyl (C=O) groups excluding carboxylic acids is 1. The molecule has 3 fully saturated rings. The number of piperidine rings is 1. The third-order valence-corrected chi connectivity index (χ3v) is 8.97. The summed E-state index contributed by atoms with van der Waals surface area (Å²) in [4.78, 5) is 22.3. The highest BCUT2D eigenvalue weighted by molar-refractivity contribution is 5.84. The number of pyridine rings is 1. The number of hydrogen-bond donors (Lipinski definition) is 0. The van der Waals surface area contributed by atoms with Crippen molar-refractivity contribution >= 4 is 5.91 Å². The maximum absolute atomic E-state index is 13.9. The molecule has 0 unspecified atom stereocenters. The number of likely N-dealkylation sites (tertiary alicyclic amines) is 1. The minimum absolute atomic E-state index is 0.0507. The average molecular weight is 500 g/mol. The van der Waals surface area contributed by atoms with Gasteiger partial charge in [-0.15, -0.1) is 0 Å². The van der Waals surface area contributed by atoms with Crippen molar-refractivity contribution in [3.05, 3.63) is 65.0 Å². The van der Waals surface area contributed by atoms with E-state index in [1.165, 1.54) is 5.56 Å². The zero-order valence-corrected chi connectivity index (χ0v) is 20.3. The second-order valence-corrected chi connectivity index (χ2v) is 10.9. The summed E-state index contributed by atoms with van der Waals surface area (Å²) >= 11 is 0. The van der Waals surface area contributed by atoms with Crippen LogP contribution in [0.3, 0.4) is 0 Å². The number of alkyl halides is 3. The zero-order chi connectivity index (χ0) is 24.9. The van der Waals surface area contributed by atoms with E-state index in [1.54, 1.807) is 4.90 Å². The largest absolute Gasteiger partial charge is 0.417 e. The van der Waals surface area contributed by atoms with E-state index in [-0.39, 0.29) is 18.6 Å². The second-order valence-electron chi connectivity index (χ2n) is 10.9. The van der Waals surface area contributed by atoms with Gasteiger partial charge in [0.05, 0.1) is 17.1 Å². The third kappa shape index (κ3) is 4.22. The first-order valence-corrected chi connectivity index (χ1v) is 13.1. The highest BCUT2D eigenvalue weighted by Gasteiger charge is 2.58. The predicted octanol–water partition coefficient (Wildman–Crippen LogP) is 4.80. The fourth-order valence-electron chi connectivity index (χ4n) is 6.98. The predicted molar refractivity (Wildman–Crippen MR) is 128 cm³/mol. The van der Waals surface area contributed by atoms with Gasteiger partial charge in [-0.25, -0.2) is 0 Å². The molecule has 192 valence electrons. The van der Waals surface area contributed by atoms with Crippen molar-refractivity contribution in [2.45, 2.75) is 69.3 Å². The van der Waals surface area contributed by atoms with Crippen molar-refractivity contribution in [1.82, 2.24) is 14.8 Å². The number of aromatic nitrogens is 1. The molecule has 0 bridgehead atoms. The molecule has 1 saturated carbocycles. The molecule has 0 N–H and O–H groups in total. The number of ether oxygens (including phenoxy) is 1. The lowest BCUT2D eigenvalue weighted by molar-refractivity contribution is -0.145. The van der Waals surface area contributed by atoms with Crippen LogP contribution in [0.5, 0.6) is 0 Å². The van der Waals surface area contributed by atoms with E-state index in [0.29, 0.717) is 49.2 Å². The minimum Gasteiger partial charge on any atom is -0.377 e. The maximum atomic E-state index is 13.9. The summed E-state index contributed by atoms with van der Waals surface area (Å²) in [6.45, 7) is 3.29. The van der Waals surface area contributed by atoms with Gasteiger partial charge in [0.1, 0.15) is 0 Å². The smallest absolute Gasteiger partial charge is 0.377 e. The fourth-order valence-corrected chi connectivity index (χ4v) is 6.98. The summed E-state index contributed by atoms with van der Waals surface area (Å²) in [5, 5.41) is 0. The highest BCUT2D eigenvalue weighted by Crippen LogP contribution is 2.51. The number of hydrogen-bond acceptors (Lipinski definition) is 4. The number of benzene rings is 1. The first-order chi connectivity index (χ1) is 17.3. The quantitative estimate of drug-likeness (QED) is 0.609. The Morgan fingerprint density at radius 2 is 1.89 bits per heavy atom. The van der Waals surface area contributed by atoms with Crippen molar-refractivity contribution in [3.8, 4) is 0 Å². The van der Waals surface area contributed by atoms with Crippen molar-refractivity contribution in [2.75, 3.05) is 26.2 Å². The Bertz CT molecular complexity index is 1120. The lowest BCUT2D eigenvalue weighted by atomic mass is 9.80. The van der Waals surface area contributed by atoms with Crippen LogP contribution in [-0.2, 0) is 28.7 Å². The molecule has 1 aromatic carbocycles. The van der Waals surface area contributed by atoms with Gasteiger partial charge in [0.15, 0.2) is 0 Å². The molecule has 4 heterocycles. The molecule has 1 aliphatic carbocycles. The van der Waals surface area contributed by atoms with Gasteiger partial charge in [-0.2, -0.15) is 13.2 Å². The van der Waals surface area contributed by atoms with Crippen LogP contribution in [-0.4, -0.2) is 59.1 Å². The standard InChI is InChI=1S/C28H32F3N3O2/c29-28(30,31)22-14-21-18-34(12-8-24(21)32-17-22)26(35)27-9-13-36-25(27)15-23(16-27)33-10-6-20(7-11-33)19-4-2-1-3-5-19/h1-5,14,17,20,23,25H,6-13,15-16,18H2/t23-,25-,27-/m1/s1. The molecule has 3 atom stereocenters. The van der Waals surface area contributed by atoms with E-state index in [1.807, 2.05) is 0 Å². The van der Waals surface area contributed by atoms with Crippen LogP contribution in [0.1, 0.15) is 60.4 Å². The Labute approximate surface area is 209 Å². The summed E-state index contributed by atoms with van der Waals surface area (Å²) < 4.78 is 45.8. The Morgan fingerprint density at radius 1 is 1.11 bits per heavy atom. The first-order valence-electron chi connectivity index (χ1n) is 13.1. The van der Waals surface area contributed by atoms with Crippen molar-refractivity contribution < 1.29 is 22.7 Å². The van der Waals surface area contributed by atoms with Gasteiger partial charge in [0.25, 0.3) is 0 Å². The van der Waals surface area contributed by atoms with Gasteiger partial charge in [0, 0.05) is 44.0 Å². The van der Waals surface area contributed by atoms with Crippen LogP contribution in [0.4, 0.5) is 13.2 Å². The van der Waals surface area contributed by atoms with E-state index in [0.717, 1.165) is 51.0 Å². The molecule has 4 aliphatic rings. The Hall–Kier alpha value is -2.45. The van der Waals surface area contributed by atoms with Crippen LogP contribution < -0.4 is 0 Å². The molecular formula is C28H32F3N3O2. The van der Waals surface area contributed by atoms with E-state index < -0.39 is 17.2 Å². The number of fused-ring (bicyclic) bond motifs is 2. The fraction of sp³-hybridized carbons (Fsp3) is 0.571. The van der Waals surface area contributed by atoms with Gasteiger partial charge in [-0.3, -0.25) is 9.78 Å². The molecule has 1 aromatic heterocycles. The van der Waals surface area contributed by atoms with E-state index in [9.17, 15) is 18.0 Å². The number of nitrogens with zero attached hydrogens (tertiary/aromatic N) is 3. The summed E-state index contributed by atoms with van der Waals surface area (Å²) in [7, 11) is 0. The molecule has 6 rings (SSSR count). The lowest BCUT2D eigenvalue weighted by Gasteiger charge is -2.38. The number of rotatable bonds is 3. The molecule has 8 heteroatoms. The molecule has 2 aromatic rings. The lowest BCUT2D eigenvalue weighted by Crippen LogP contribution is -2.48. The number of halogens is 3. The Morgan fingerprint density at radius 3 is 2.64 bits per heavy atom. The van der Waals surface area contributed by atoms with Gasteiger partial charge in [-0.1, -0.05) is 30.3 Å². The van der Waals surface area contributed by atoms with Crippen LogP contribution in [0.25, 0.3) is 0 Å². The molecule has 36 heavy (non-hydrogen) atoms. The van der Waals surface area contributed by atoms with Crippen molar-refractivity contribution in [2.24, 2.45) is 5.41 Å². The molecule has 2 saturated heterocycles. The van der Waals surface area contributed by atoms with Crippen LogP contribution in [0, 0.1) is 5.41 Å². The minimum atomic E-state index is -4.44. The average Bonchev–Trinajstić information content (AvgIpc) is 3.46. The number of carbonyl (C=O) groups is 1. The molecular weight excluding hydrogens is 467 g/mol. The SMILES string of the molecule is O=C(N1CCc2ncc(C(F)(F)F)cc2C1)[C@@]12CCO[C@@H]1C[C@@H](N1CCC(c3ccccc3)CC1)C2. The third-order valence-electron chi connectivity index (χ3n) is 8.97. The van der Waals surface area contributed by atoms with Crippen molar-refractivity contribution in [1.29, 1.82) is 0 Å². The molecule has 3 aliphatic heterocycles.